The largest absolute Gasteiger partial charge is 0.493 e. The number of ether oxygens (including phenoxy) is 3. The molecule has 9 heteroatoms. The first-order valence-corrected chi connectivity index (χ1v) is 7.08. The van der Waals surface area contributed by atoms with Gasteiger partial charge >= 0.3 is 0 Å². The van der Waals surface area contributed by atoms with Crippen LogP contribution in [0.5, 0.6) is 17.2 Å². The zero-order valence-electron chi connectivity index (χ0n) is 13.7. The molecule has 1 aliphatic rings. The Balaban J connectivity index is 0.00000288. The van der Waals surface area contributed by atoms with Crippen LogP contribution in [0.2, 0.25) is 0 Å². The topological polar surface area (TPSA) is 68.8 Å². The van der Waals surface area contributed by atoms with E-state index in [1.165, 1.54) is 21.3 Å². The Kier molecular flexibility index (Phi) is 7.04. The van der Waals surface area contributed by atoms with Crippen molar-refractivity contribution >= 4 is 18.3 Å². The summed E-state index contributed by atoms with van der Waals surface area (Å²) in [4.78, 5) is 12.0. The van der Waals surface area contributed by atoms with Gasteiger partial charge in [0.05, 0.1) is 33.9 Å². The number of halogens is 3. The van der Waals surface area contributed by atoms with Crippen LogP contribution in [-0.4, -0.2) is 45.7 Å². The molecule has 0 bridgehead atoms. The second-order valence-corrected chi connectivity index (χ2v) is 5.20. The molecule has 2 rings (SSSR count). The molecule has 1 aromatic carbocycles. The third-order valence-electron chi connectivity index (χ3n) is 3.67. The van der Waals surface area contributed by atoms with Crippen LogP contribution in [0.15, 0.2) is 12.1 Å². The summed E-state index contributed by atoms with van der Waals surface area (Å²) in [5, 5.41) is 5.15. The normalized spacial score (nSPS) is 18.5. The predicted octanol–water partition coefficient (Wildman–Crippen LogP) is 1.75. The molecule has 0 aliphatic carbocycles. The standard InChI is InChI=1S/C15H20F2N2O4.ClH/c1-21-11-5-4-9(12(22-2)13(11)23-3)7-18-14(20)10-6-15(16,17)8-19-10;/h4-5,10,19H,6-8H2,1-3H3,(H,18,20);1H. The van der Waals surface area contributed by atoms with Gasteiger partial charge in [0.15, 0.2) is 11.5 Å². The van der Waals surface area contributed by atoms with E-state index in [4.69, 9.17) is 14.2 Å². The monoisotopic (exact) mass is 366 g/mol. The molecule has 6 nitrogen and oxygen atoms in total. The number of benzene rings is 1. The molecule has 2 N–H and O–H groups in total. The van der Waals surface area contributed by atoms with Crippen molar-refractivity contribution in [2.24, 2.45) is 0 Å². The van der Waals surface area contributed by atoms with Gasteiger partial charge in [-0.25, -0.2) is 8.78 Å². The summed E-state index contributed by atoms with van der Waals surface area (Å²) in [5.74, 6) is -1.98. The van der Waals surface area contributed by atoms with Gasteiger partial charge in [0.25, 0.3) is 5.92 Å². The molecule has 1 heterocycles. The van der Waals surface area contributed by atoms with Crippen molar-refractivity contribution in [3.63, 3.8) is 0 Å². The molecule has 1 saturated heterocycles. The Morgan fingerprint density at radius 1 is 1.25 bits per heavy atom. The molecule has 1 amide bonds. The Hall–Kier alpha value is -1.80. The number of alkyl halides is 2. The van der Waals surface area contributed by atoms with E-state index in [1.54, 1.807) is 12.1 Å². The van der Waals surface area contributed by atoms with Gasteiger partial charge in [-0.2, -0.15) is 0 Å². The fraction of sp³-hybridized carbons (Fsp3) is 0.533. The van der Waals surface area contributed by atoms with Gasteiger partial charge in [0, 0.05) is 18.5 Å². The van der Waals surface area contributed by atoms with Gasteiger partial charge in [-0.05, 0) is 12.1 Å². The highest BCUT2D eigenvalue weighted by Gasteiger charge is 2.42. The second-order valence-electron chi connectivity index (χ2n) is 5.20. The summed E-state index contributed by atoms with van der Waals surface area (Å²) in [6.45, 7) is -0.350. The minimum Gasteiger partial charge on any atom is -0.493 e. The van der Waals surface area contributed by atoms with Crippen molar-refractivity contribution in [1.82, 2.24) is 10.6 Å². The van der Waals surface area contributed by atoms with Gasteiger partial charge in [-0.15, -0.1) is 12.4 Å². The molecule has 1 unspecified atom stereocenters. The number of nitrogens with one attached hydrogen (secondary N) is 2. The summed E-state index contributed by atoms with van der Waals surface area (Å²) in [6, 6.07) is 2.51. The Morgan fingerprint density at radius 2 is 1.92 bits per heavy atom. The van der Waals surface area contributed by atoms with E-state index in [9.17, 15) is 13.6 Å². The highest BCUT2D eigenvalue weighted by Crippen LogP contribution is 2.39. The van der Waals surface area contributed by atoms with Gasteiger partial charge in [-0.1, -0.05) is 0 Å². The number of hydrogen-bond donors (Lipinski definition) is 2. The van der Waals surface area contributed by atoms with Crippen molar-refractivity contribution in [3.05, 3.63) is 17.7 Å². The lowest BCUT2D eigenvalue weighted by atomic mass is 10.1. The van der Waals surface area contributed by atoms with Crippen LogP contribution in [-0.2, 0) is 11.3 Å². The van der Waals surface area contributed by atoms with Crippen molar-refractivity contribution in [2.75, 3.05) is 27.9 Å². The number of carbonyl (C=O) groups excluding carboxylic acids is 1. The average molecular weight is 367 g/mol. The van der Waals surface area contributed by atoms with Gasteiger partial charge in [0.2, 0.25) is 11.7 Å². The summed E-state index contributed by atoms with van der Waals surface area (Å²) in [7, 11) is 4.46. The first kappa shape index (κ1) is 20.2. The molecule has 1 aromatic rings. The number of hydrogen-bond acceptors (Lipinski definition) is 5. The van der Waals surface area contributed by atoms with Crippen LogP contribution < -0.4 is 24.8 Å². The lowest BCUT2D eigenvalue weighted by Gasteiger charge is -2.17. The molecule has 24 heavy (non-hydrogen) atoms. The summed E-state index contributed by atoms with van der Waals surface area (Å²) in [6.07, 6.45) is -0.498. The number of carbonyl (C=O) groups is 1. The van der Waals surface area contributed by atoms with Gasteiger partial charge in [-0.3, -0.25) is 10.1 Å². The van der Waals surface area contributed by atoms with E-state index in [0.29, 0.717) is 22.8 Å². The highest BCUT2D eigenvalue weighted by atomic mass is 35.5. The van der Waals surface area contributed by atoms with E-state index >= 15 is 0 Å². The SMILES string of the molecule is COc1ccc(CNC(=O)C2CC(F)(F)CN2)c(OC)c1OC.Cl. The van der Waals surface area contributed by atoms with Crippen molar-refractivity contribution in [3.8, 4) is 17.2 Å². The second kappa shape index (κ2) is 8.34. The number of amides is 1. The molecular weight excluding hydrogens is 346 g/mol. The minimum absolute atomic E-state index is 0. The van der Waals surface area contributed by atoms with Crippen LogP contribution >= 0.6 is 12.4 Å². The van der Waals surface area contributed by atoms with E-state index in [1.807, 2.05) is 0 Å². The molecular formula is C15H21ClF2N2O4. The smallest absolute Gasteiger partial charge is 0.262 e. The maximum Gasteiger partial charge on any atom is 0.262 e. The van der Waals surface area contributed by atoms with Crippen LogP contribution in [0, 0.1) is 0 Å². The molecule has 0 radical (unpaired) electrons. The van der Waals surface area contributed by atoms with Crippen LogP contribution in [0.1, 0.15) is 12.0 Å². The Labute approximate surface area is 145 Å². The fourth-order valence-corrected chi connectivity index (χ4v) is 2.51. The maximum atomic E-state index is 13.1. The van der Waals surface area contributed by atoms with Gasteiger partial charge < -0.3 is 19.5 Å². The summed E-state index contributed by atoms with van der Waals surface area (Å²) in [5.41, 5.74) is 0.656. The molecule has 0 aromatic heterocycles. The van der Waals surface area contributed by atoms with Crippen LogP contribution in [0.4, 0.5) is 8.78 Å². The zero-order valence-corrected chi connectivity index (χ0v) is 14.5. The van der Waals surface area contributed by atoms with Crippen LogP contribution in [0.25, 0.3) is 0 Å². The first-order valence-electron chi connectivity index (χ1n) is 7.08. The van der Waals surface area contributed by atoms with Crippen molar-refractivity contribution in [1.29, 1.82) is 0 Å². The molecule has 1 atom stereocenters. The van der Waals surface area contributed by atoms with E-state index in [-0.39, 0.29) is 19.0 Å². The van der Waals surface area contributed by atoms with Crippen molar-refractivity contribution in [2.45, 2.75) is 24.9 Å². The van der Waals surface area contributed by atoms with E-state index < -0.39 is 30.8 Å². The highest BCUT2D eigenvalue weighted by molar-refractivity contribution is 5.85. The molecule has 0 saturated carbocycles. The molecule has 136 valence electrons. The van der Waals surface area contributed by atoms with Crippen molar-refractivity contribution < 1.29 is 27.8 Å². The zero-order chi connectivity index (χ0) is 17.0. The Morgan fingerprint density at radius 3 is 2.42 bits per heavy atom. The first-order chi connectivity index (χ1) is 10.9. The molecule has 0 spiro atoms. The molecule has 1 fully saturated rings. The lowest BCUT2D eigenvalue weighted by Crippen LogP contribution is -2.40. The molecule has 1 aliphatic heterocycles. The maximum absolute atomic E-state index is 13.1. The van der Waals surface area contributed by atoms with Crippen LogP contribution in [0.3, 0.4) is 0 Å². The predicted molar refractivity (Wildman–Crippen MR) is 86.5 cm³/mol. The fourth-order valence-electron chi connectivity index (χ4n) is 2.51. The van der Waals surface area contributed by atoms with E-state index in [0.717, 1.165) is 0 Å². The Bertz CT molecular complexity index is 587. The third-order valence-corrected chi connectivity index (χ3v) is 3.67. The van der Waals surface area contributed by atoms with Gasteiger partial charge in [0.1, 0.15) is 0 Å². The summed E-state index contributed by atoms with van der Waals surface area (Å²) >= 11 is 0. The third kappa shape index (κ3) is 4.39. The number of methoxy groups -OCH3 is 3. The lowest BCUT2D eigenvalue weighted by molar-refractivity contribution is -0.123. The average Bonchev–Trinajstić information content (AvgIpc) is 2.91. The van der Waals surface area contributed by atoms with E-state index in [2.05, 4.69) is 10.6 Å². The minimum atomic E-state index is -2.84. The summed E-state index contributed by atoms with van der Waals surface area (Å²) < 4.78 is 42.0. The number of rotatable bonds is 6. The quantitative estimate of drug-likeness (QED) is 0.802.